The first kappa shape index (κ1) is 13.9. The smallest absolute Gasteiger partial charge is 0.222 e. The Kier molecular flexibility index (Phi) is 3.31. The lowest BCUT2D eigenvalue weighted by molar-refractivity contribution is 0.565. The Morgan fingerprint density at radius 1 is 1.30 bits per heavy atom. The number of fused-ring (bicyclic) bond motifs is 1. The molecule has 4 rings (SSSR count). The first-order valence-corrected chi connectivity index (χ1v) is 7.51. The predicted molar refractivity (Wildman–Crippen MR) is 89.0 cm³/mol. The minimum Gasteiger partial charge on any atom is -0.470 e. The number of hydrogen-bond donors (Lipinski definition) is 1. The van der Waals surface area contributed by atoms with Crippen molar-refractivity contribution in [2.24, 2.45) is 0 Å². The summed E-state index contributed by atoms with van der Waals surface area (Å²) in [6.45, 7) is 1.28. The quantitative estimate of drug-likeness (QED) is 0.796. The van der Waals surface area contributed by atoms with E-state index in [0.717, 1.165) is 22.6 Å². The second-order valence-corrected chi connectivity index (χ2v) is 5.74. The number of nitrogens with zero attached hydrogens (tertiary/aromatic N) is 4. The van der Waals surface area contributed by atoms with Crippen LogP contribution in [0.25, 0.3) is 0 Å². The molecule has 0 unspecified atom stereocenters. The highest BCUT2D eigenvalue weighted by Gasteiger charge is 2.30. The SMILES string of the molecule is Nc1ncc2c(n1)N(Cc1cccc(Cl)c1)N(c1ccoc1)C2. The summed E-state index contributed by atoms with van der Waals surface area (Å²) in [6.07, 6.45) is 5.12. The van der Waals surface area contributed by atoms with Gasteiger partial charge in [-0.25, -0.2) is 4.98 Å². The molecule has 7 heteroatoms. The first-order valence-electron chi connectivity index (χ1n) is 7.14. The zero-order valence-corrected chi connectivity index (χ0v) is 12.9. The fraction of sp³-hybridized carbons (Fsp3) is 0.125. The Morgan fingerprint density at radius 2 is 2.22 bits per heavy atom. The van der Waals surface area contributed by atoms with Gasteiger partial charge in [0, 0.05) is 22.8 Å². The summed E-state index contributed by atoms with van der Waals surface area (Å²) in [7, 11) is 0. The molecule has 1 aliphatic heterocycles. The maximum atomic E-state index is 6.10. The number of hydrogen-bond acceptors (Lipinski definition) is 6. The Balaban J connectivity index is 1.74. The van der Waals surface area contributed by atoms with E-state index in [4.69, 9.17) is 21.8 Å². The van der Waals surface area contributed by atoms with Crippen LogP contribution in [0.3, 0.4) is 0 Å². The Morgan fingerprint density at radius 3 is 3.00 bits per heavy atom. The molecule has 0 amide bonds. The van der Waals surface area contributed by atoms with E-state index in [1.165, 1.54) is 0 Å². The summed E-state index contributed by atoms with van der Waals surface area (Å²) >= 11 is 6.10. The van der Waals surface area contributed by atoms with Gasteiger partial charge in [-0.2, -0.15) is 4.98 Å². The number of nitrogen functional groups attached to an aromatic ring is 1. The maximum absolute atomic E-state index is 6.10. The number of hydrazine groups is 1. The highest BCUT2D eigenvalue weighted by molar-refractivity contribution is 6.30. The number of aromatic nitrogens is 2. The van der Waals surface area contributed by atoms with Gasteiger partial charge in [0.25, 0.3) is 0 Å². The van der Waals surface area contributed by atoms with Gasteiger partial charge in [-0.3, -0.25) is 10.0 Å². The average molecular weight is 328 g/mol. The highest BCUT2D eigenvalue weighted by atomic mass is 35.5. The summed E-state index contributed by atoms with van der Waals surface area (Å²) in [5.41, 5.74) is 8.81. The highest BCUT2D eigenvalue weighted by Crippen LogP contribution is 2.34. The van der Waals surface area contributed by atoms with Crippen molar-refractivity contribution < 1.29 is 4.42 Å². The van der Waals surface area contributed by atoms with E-state index < -0.39 is 0 Å². The zero-order valence-electron chi connectivity index (χ0n) is 12.2. The molecule has 0 radical (unpaired) electrons. The van der Waals surface area contributed by atoms with Crippen molar-refractivity contribution in [3.63, 3.8) is 0 Å². The van der Waals surface area contributed by atoms with E-state index in [0.29, 0.717) is 18.1 Å². The molecule has 0 saturated carbocycles. The summed E-state index contributed by atoms with van der Waals surface area (Å²) in [5.74, 6) is 1.06. The lowest BCUT2D eigenvalue weighted by Crippen LogP contribution is -2.37. The molecule has 6 nitrogen and oxygen atoms in total. The van der Waals surface area contributed by atoms with E-state index in [1.807, 2.05) is 30.3 Å². The number of halogens is 1. The third-order valence-corrected chi connectivity index (χ3v) is 3.98. The van der Waals surface area contributed by atoms with Crippen LogP contribution in [0.1, 0.15) is 11.1 Å². The average Bonchev–Trinajstić information content (AvgIpc) is 3.16. The zero-order chi connectivity index (χ0) is 15.8. The summed E-state index contributed by atoms with van der Waals surface area (Å²) in [6, 6.07) is 9.68. The van der Waals surface area contributed by atoms with Crippen LogP contribution >= 0.6 is 11.6 Å². The first-order chi connectivity index (χ1) is 11.2. The molecule has 0 atom stereocenters. The predicted octanol–water partition coefficient (Wildman–Crippen LogP) is 3.25. The van der Waals surface area contributed by atoms with Crippen molar-refractivity contribution in [1.82, 2.24) is 9.97 Å². The summed E-state index contributed by atoms with van der Waals surface area (Å²) < 4.78 is 5.22. The molecule has 116 valence electrons. The van der Waals surface area contributed by atoms with Gasteiger partial charge < -0.3 is 10.2 Å². The number of anilines is 3. The van der Waals surface area contributed by atoms with Crippen molar-refractivity contribution in [2.75, 3.05) is 15.8 Å². The van der Waals surface area contributed by atoms with Crippen molar-refractivity contribution in [3.8, 4) is 0 Å². The van der Waals surface area contributed by atoms with Crippen molar-refractivity contribution >= 4 is 29.1 Å². The molecule has 0 bridgehead atoms. The van der Waals surface area contributed by atoms with Crippen molar-refractivity contribution in [3.05, 3.63) is 65.2 Å². The Hall–Kier alpha value is -2.73. The lowest BCUT2D eigenvalue weighted by atomic mass is 10.2. The van der Waals surface area contributed by atoms with Gasteiger partial charge in [0.1, 0.15) is 6.26 Å². The summed E-state index contributed by atoms with van der Waals surface area (Å²) in [4.78, 5) is 8.49. The largest absolute Gasteiger partial charge is 0.470 e. The van der Waals surface area contributed by atoms with Crippen LogP contribution in [0.5, 0.6) is 0 Å². The van der Waals surface area contributed by atoms with Crippen LogP contribution < -0.4 is 15.8 Å². The molecule has 1 aromatic carbocycles. The van der Waals surface area contributed by atoms with Crippen molar-refractivity contribution in [2.45, 2.75) is 13.1 Å². The minimum atomic E-state index is 0.258. The third kappa shape index (κ3) is 2.57. The Labute approximate surface area is 138 Å². The van der Waals surface area contributed by atoms with Crippen LogP contribution in [0, 0.1) is 0 Å². The van der Waals surface area contributed by atoms with E-state index in [-0.39, 0.29) is 5.95 Å². The molecule has 1 aliphatic rings. The van der Waals surface area contributed by atoms with Crippen molar-refractivity contribution in [1.29, 1.82) is 0 Å². The van der Waals surface area contributed by atoms with E-state index in [2.05, 4.69) is 20.0 Å². The molecular formula is C16H14ClN5O. The van der Waals surface area contributed by atoms with Gasteiger partial charge in [-0.05, 0) is 17.7 Å². The fourth-order valence-electron chi connectivity index (χ4n) is 2.71. The van der Waals surface area contributed by atoms with Gasteiger partial charge in [-0.15, -0.1) is 0 Å². The van der Waals surface area contributed by atoms with E-state index in [9.17, 15) is 0 Å². The molecule has 0 aliphatic carbocycles. The summed E-state index contributed by atoms with van der Waals surface area (Å²) in [5, 5.41) is 4.85. The normalized spacial score (nSPS) is 13.4. The molecule has 0 saturated heterocycles. The lowest BCUT2D eigenvalue weighted by Gasteiger charge is -2.30. The van der Waals surface area contributed by atoms with E-state index >= 15 is 0 Å². The second-order valence-electron chi connectivity index (χ2n) is 5.30. The van der Waals surface area contributed by atoms with Gasteiger partial charge in [-0.1, -0.05) is 23.7 Å². The molecule has 0 spiro atoms. The van der Waals surface area contributed by atoms with E-state index in [1.54, 1.807) is 18.7 Å². The second kappa shape index (κ2) is 5.48. The van der Waals surface area contributed by atoms with Gasteiger partial charge in [0.15, 0.2) is 5.82 Å². The minimum absolute atomic E-state index is 0.258. The number of furan rings is 1. The third-order valence-electron chi connectivity index (χ3n) is 3.74. The van der Waals surface area contributed by atoms with Crippen LogP contribution in [-0.4, -0.2) is 9.97 Å². The van der Waals surface area contributed by atoms with Gasteiger partial charge in [0.2, 0.25) is 5.95 Å². The van der Waals surface area contributed by atoms with Gasteiger partial charge >= 0.3 is 0 Å². The van der Waals surface area contributed by atoms with Crippen LogP contribution in [0.15, 0.2) is 53.5 Å². The molecule has 2 aromatic heterocycles. The monoisotopic (exact) mass is 327 g/mol. The van der Waals surface area contributed by atoms with Crippen LogP contribution in [-0.2, 0) is 13.1 Å². The number of benzene rings is 1. The van der Waals surface area contributed by atoms with Crippen LogP contribution in [0.4, 0.5) is 17.5 Å². The van der Waals surface area contributed by atoms with Crippen LogP contribution in [0.2, 0.25) is 5.02 Å². The molecular weight excluding hydrogens is 314 g/mol. The molecule has 23 heavy (non-hydrogen) atoms. The van der Waals surface area contributed by atoms with Gasteiger partial charge in [0.05, 0.1) is 25.0 Å². The molecule has 2 N–H and O–H groups in total. The topological polar surface area (TPSA) is 71.4 Å². The Bertz CT molecular complexity index is 836. The number of nitrogens with two attached hydrogens (primary N) is 1. The fourth-order valence-corrected chi connectivity index (χ4v) is 2.92. The number of rotatable bonds is 3. The molecule has 3 aromatic rings. The maximum Gasteiger partial charge on any atom is 0.222 e. The standard InChI is InChI=1S/C16H14ClN5O/c17-13-3-1-2-11(6-13)8-22-15-12(7-19-16(18)20-15)9-21(22)14-4-5-23-10-14/h1-7,10H,8-9H2,(H2,18,19,20). The molecule has 3 heterocycles. The molecule has 0 fully saturated rings.